The Hall–Kier alpha value is -3.15. The van der Waals surface area contributed by atoms with Gasteiger partial charge in [0.05, 0.1) is 11.4 Å². The van der Waals surface area contributed by atoms with Gasteiger partial charge < -0.3 is 11.1 Å². The summed E-state index contributed by atoms with van der Waals surface area (Å²) in [4.78, 5) is 12.2. The molecule has 0 spiro atoms. The molecule has 3 rings (SSSR count). The number of carbonyl (C=O) groups is 1. The summed E-state index contributed by atoms with van der Waals surface area (Å²) in [7, 11) is 1.71. The number of aryl methyl sites for hydroxylation is 1. The highest BCUT2D eigenvalue weighted by Crippen LogP contribution is 2.24. The number of carbonyl (C=O) groups excluding carboxylic acids is 1. The maximum Gasteiger partial charge on any atom is 0.256 e. The minimum atomic E-state index is -0.497. The van der Waals surface area contributed by atoms with Gasteiger partial charge in [-0.25, -0.2) is 4.39 Å². The van der Waals surface area contributed by atoms with E-state index in [2.05, 4.69) is 10.4 Å². The molecule has 0 unspecified atom stereocenters. The maximum atomic E-state index is 13.6. The molecule has 0 aliphatic heterocycles. The Bertz CT molecular complexity index is 858. The number of rotatable bonds is 3. The van der Waals surface area contributed by atoms with E-state index >= 15 is 0 Å². The Kier molecular flexibility index (Phi) is 3.80. The molecule has 2 aromatic carbocycles. The number of aromatic nitrogens is 2. The van der Waals surface area contributed by atoms with Crippen LogP contribution in [0.4, 0.5) is 15.9 Å². The van der Waals surface area contributed by atoms with E-state index in [1.165, 1.54) is 16.8 Å². The first-order valence-electron chi connectivity index (χ1n) is 7.00. The Balaban J connectivity index is 1.86. The minimum Gasteiger partial charge on any atom is -0.396 e. The molecule has 0 aliphatic carbocycles. The molecule has 1 heterocycles. The maximum absolute atomic E-state index is 13.6. The number of halogens is 1. The fourth-order valence-corrected chi connectivity index (χ4v) is 2.19. The van der Waals surface area contributed by atoms with Crippen molar-refractivity contribution in [3.8, 4) is 11.3 Å². The lowest BCUT2D eigenvalue weighted by Gasteiger charge is -2.04. The van der Waals surface area contributed by atoms with E-state index in [-0.39, 0.29) is 11.6 Å². The summed E-state index contributed by atoms with van der Waals surface area (Å²) < 4.78 is 15.1. The highest BCUT2D eigenvalue weighted by atomic mass is 19.1. The van der Waals surface area contributed by atoms with Gasteiger partial charge in [0.15, 0.2) is 0 Å². The lowest BCUT2D eigenvalue weighted by atomic mass is 10.1. The van der Waals surface area contributed by atoms with Crippen LogP contribution in [-0.2, 0) is 7.05 Å². The number of hydrogen-bond acceptors (Lipinski definition) is 3. The molecule has 3 N–H and O–H groups in total. The fraction of sp³-hybridized carbons (Fsp3) is 0.0588. The third kappa shape index (κ3) is 3.06. The van der Waals surface area contributed by atoms with Crippen LogP contribution < -0.4 is 11.1 Å². The summed E-state index contributed by atoms with van der Waals surface area (Å²) in [6.07, 6.45) is 0. The summed E-state index contributed by atoms with van der Waals surface area (Å²) in [5.74, 6) is -0.210. The molecule has 23 heavy (non-hydrogen) atoms. The van der Waals surface area contributed by atoms with Gasteiger partial charge in [0, 0.05) is 24.2 Å². The van der Waals surface area contributed by atoms with Gasteiger partial charge in [-0.3, -0.25) is 9.48 Å². The zero-order valence-electron chi connectivity index (χ0n) is 12.5. The van der Waals surface area contributed by atoms with Gasteiger partial charge in [0.1, 0.15) is 11.6 Å². The Morgan fingerprint density at radius 2 is 1.91 bits per heavy atom. The van der Waals surface area contributed by atoms with Gasteiger partial charge in [-0.05, 0) is 24.3 Å². The monoisotopic (exact) mass is 310 g/mol. The average Bonchev–Trinajstić information content (AvgIpc) is 2.92. The minimum absolute atomic E-state index is 0.0854. The number of nitrogens with zero attached hydrogens (tertiary/aromatic N) is 2. The number of nitrogen functional groups attached to an aromatic ring is 1. The molecule has 1 aromatic heterocycles. The number of nitrogens with two attached hydrogens (primary N) is 1. The van der Waals surface area contributed by atoms with Crippen LogP contribution >= 0.6 is 0 Å². The van der Waals surface area contributed by atoms with Crippen molar-refractivity contribution in [1.29, 1.82) is 0 Å². The summed E-state index contributed by atoms with van der Waals surface area (Å²) in [6, 6.07) is 15.1. The van der Waals surface area contributed by atoms with Crippen molar-refractivity contribution in [2.45, 2.75) is 0 Å². The highest BCUT2D eigenvalue weighted by Gasteiger charge is 2.12. The molecule has 0 bridgehead atoms. The Labute approximate surface area is 132 Å². The van der Waals surface area contributed by atoms with Crippen LogP contribution in [0.1, 0.15) is 10.4 Å². The SMILES string of the molecule is Cn1nc(-c2ccc(N)c(F)c2)cc1NC(=O)c1ccccc1. The van der Waals surface area contributed by atoms with Crippen molar-refractivity contribution in [3.63, 3.8) is 0 Å². The van der Waals surface area contributed by atoms with E-state index < -0.39 is 5.82 Å². The molecule has 3 aromatic rings. The molecule has 1 amide bonds. The van der Waals surface area contributed by atoms with Crippen molar-refractivity contribution in [2.24, 2.45) is 7.05 Å². The second-order valence-electron chi connectivity index (χ2n) is 5.09. The van der Waals surface area contributed by atoms with Crippen molar-refractivity contribution >= 4 is 17.4 Å². The molecular formula is C17H15FN4O. The van der Waals surface area contributed by atoms with Crippen molar-refractivity contribution in [3.05, 3.63) is 66.0 Å². The van der Waals surface area contributed by atoms with Gasteiger partial charge in [-0.1, -0.05) is 24.3 Å². The largest absolute Gasteiger partial charge is 0.396 e. The van der Waals surface area contributed by atoms with Crippen LogP contribution in [0.5, 0.6) is 0 Å². The van der Waals surface area contributed by atoms with Crippen molar-refractivity contribution in [1.82, 2.24) is 9.78 Å². The van der Waals surface area contributed by atoms with E-state index in [4.69, 9.17) is 5.73 Å². The van der Waals surface area contributed by atoms with E-state index in [1.807, 2.05) is 6.07 Å². The standard InChI is InChI=1S/C17H15FN4O/c1-22-16(20-17(23)11-5-3-2-4-6-11)10-15(21-22)12-7-8-14(19)13(18)9-12/h2-10H,19H2,1H3,(H,20,23). The zero-order valence-corrected chi connectivity index (χ0v) is 12.5. The van der Waals surface area contributed by atoms with Crippen LogP contribution in [0, 0.1) is 5.82 Å². The highest BCUT2D eigenvalue weighted by molar-refractivity contribution is 6.04. The number of anilines is 2. The van der Waals surface area contributed by atoms with Gasteiger partial charge in [0.2, 0.25) is 0 Å². The van der Waals surface area contributed by atoms with Crippen LogP contribution in [0.15, 0.2) is 54.6 Å². The number of benzene rings is 2. The average molecular weight is 310 g/mol. The lowest BCUT2D eigenvalue weighted by molar-refractivity contribution is 0.102. The van der Waals surface area contributed by atoms with Gasteiger partial charge in [0.25, 0.3) is 5.91 Å². The molecule has 0 atom stereocenters. The van der Waals surface area contributed by atoms with Gasteiger partial charge in [-0.2, -0.15) is 5.10 Å². The molecule has 0 aliphatic rings. The topological polar surface area (TPSA) is 72.9 Å². The van der Waals surface area contributed by atoms with Crippen LogP contribution in [0.2, 0.25) is 0 Å². The van der Waals surface area contributed by atoms with Gasteiger partial charge >= 0.3 is 0 Å². The van der Waals surface area contributed by atoms with Crippen molar-refractivity contribution in [2.75, 3.05) is 11.1 Å². The summed E-state index contributed by atoms with van der Waals surface area (Å²) in [5.41, 5.74) is 7.25. The number of hydrogen-bond donors (Lipinski definition) is 2. The first-order chi connectivity index (χ1) is 11.0. The summed E-state index contributed by atoms with van der Waals surface area (Å²) >= 11 is 0. The predicted molar refractivity (Wildman–Crippen MR) is 87.4 cm³/mol. The Morgan fingerprint density at radius 3 is 2.61 bits per heavy atom. The second kappa shape index (κ2) is 5.92. The lowest BCUT2D eigenvalue weighted by Crippen LogP contribution is -2.14. The van der Waals surface area contributed by atoms with Crippen molar-refractivity contribution < 1.29 is 9.18 Å². The first kappa shape index (κ1) is 14.8. The molecule has 0 saturated heterocycles. The van der Waals surface area contributed by atoms with Crippen LogP contribution in [0.25, 0.3) is 11.3 Å². The number of nitrogens with one attached hydrogen (secondary N) is 1. The first-order valence-corrected chi connectivity index (χ1v) is 7.00. The predicted octanol–water partition coefficient (Wildman–Crippen LogP) is 3.06. The van der Waals surface area contributed by atoms with E-state index in [0.717, 1.165) is 0 Å². The Morgan fingerprint density at radius 1 is 1.17 bits per heavy atom. The summed E-state index contributed by atoms with van der Waals surface area (Å²) in [5, 5.41) is 7.08. The third-order valence-electron chi connectivity index (χ3n) is 3.45. The molecule has 0 radical (unpaired) electrons. The quantitative estimate of drug-likeness (QED) is 0.730. The van der Waals surface area contributed by atoms with Gasteiger partial charge in [-0.15, -0.1) is 0 Å². The fourth-order valence-electron chi connectivity index (χ4n) is 2.19. The van der Waals surface area contributed by atoms with E-state index in [1.54, 1.807) is 43.4 Å². The molecule has 5 nitrogen and oxygen atoms in total. The van der Waals surface area contributed by atoms with Crippen LogP contribution in [-0.4, -0.2) is 15.7 Å². The number of amides is 1. The molecule has 0 fully saturated rings. The molecule has 116 valence electrons. The molecule has 0 saturated carbocycles. The van der Waals surface area contributed by atoms with E-state index in [9.17, 15) is 9.18 Å². The second-order valence-corrected chi connectivity index (χ2v) is 5.09. The van der Waals surface area contributed by atoms with Crippen LogP contribution in [0.3, 0.4) is 0 Å². The molecule has 6 heteroatoms. The summed E-state index contributed by atoms with van der Waals surface area (Å²) in [6.45, 7) is 0. The van der Waals surface area contributed by atoms with E-state index in [0.29, 0.717) is 22.6 Å². The smallest absolute Gasteiger partial charge is 0.256 e. The normalized spacial score (nSPS) is 10.5. The molecular weight excluding hydrogens is 295 g/mol. The zero-order chi connectivity index (χ0) is 16.4. The third-order valence-corrected chi connectivity index (χ3v) is 3.45.